The number of ether oxygens (including phenoxy) is 1. The molecule has 0 aliphatic rings. The van der Waals surface area contributed by atoms with Gasteiger partial charge in [0.1, 0.15) is 5.75 Å². The molecule has 2 aromatic rings. The van der Waals surface area contributed by atoms with E-state index in [0.717, 1.165) is 31.6 Å². The number of hydrogen-bond acceptors (Lipinski definition) is 5. The molecular weight excluding hydrogens is 371 g/mol. The lowest BCUT2D eigenvalue weighted by atomic mass is 10.0. The number of rotatable bonds is 8. The number of methoxy groups -OCH3 is 1. The fourth-order valence-electron chi connectivity index (χ4n) is 2.98. The first-order valence-corrected chi connectivity index (χ1v) is 9.13. The number of aliphatic hydroxyl groups excluding tert-OH is 1. The summed E-state index contributed by atoms with van der Waals surface area (Å²) in [7, 11) is 3.31. The Morgan fingerprint density at radius 2 is 1.89 bits per heavy atom. The highest BCUT2D eigenvalue weighted by Gasteiger charge is 2.31. The molecule has 1 atom stereocenters. The second-order valence-corrected chi connectivity index (χ2v) is 6.82. The number of alkyl halides is 3. The number of hydrogen-bond donors (Lipinski definition) is 1. The van der Waals surface area contributed by atoms with Crippen LogP contribution in [0.4, 0.5) is 13.2 Å². The molecule has 0 saturated carbocycles. The predicted octanol–water partition coefficient (Wildman–Crippen LogP) is 4.24. The first-order valence-electron chi connectivity index (χ1n) is 9.13. The van der Waals surface area contributed by atoms with E-state index < -0.39 is 17.8 Å². The van der Waals surface area contributed by atoms with Gasteiger partial charge in [-0.25, -0.2) is 0 Å². The third-order valence-electron chi connectivity index (χ3n) is 4.52. The van der Waals surface area contributed by atoms with E-state index in [4.69, 9.17) is 4.74 Å². The molecule has 1 N–H and O–H groups in total. The molecule has 0 saturated heterocycles. The third kappa shape index (κ3) is 5.42. The van der Waals surface area contributed by atoms with Crippen LogP contribution >= 0.6 is 0 Å². The highest BCUT2D eigenvalue weighted by atomic mass is 19.4. The van der Waals surface area contributed by atoms with Gasteiger partial charge in [0.2, 0.25) is 0 Å². The molecule has 154 valence electrons. The van der Waals surface area contributed by atoms with Crippen molar-refractivity contribution in [2.24, 2.45) is 0 Å². The van der Waals surface area contributed by atoms with E-state index >= 15 is 0 Å². The van der Waals surface area contributed by atoms with Crippen LogP contribution in [0.25, 0.3) is 11.3 Å². The average molecular weight is 397 g/mol. The van der Waals surface area contributed by atoms with Crippen molar-refractivity contribution in [3.63, 3.8) is 0 Å². The van der Waals surface area contributed by atoms with Crippen LogP contribution in [0.2, 0.25) is 0 Å². The average Bonchev–Trinajstić information content (AvgIpc) is 2.65. The second kappa shape index (κ2) is 9.34. The van der Waals surface area contributed by atoms with Gasteiger partial charge in [-0.3, -0.25) is 0 Å². The highest BCUT2D eigenvalue weighted by molar-refractivity contribution is 5.70. The summed E-state index contributed by atoms with van der Waals surface area (Å²) in [5.74, 6) is 0.0710. The zero-order valence-corrected chi connectivity index (χ0v) is 16.5. The minimum Gasteiger partial charge on any atom is -0.496 e. The van der Waals surface area contributed by atoms with E-state index in [1.807, 2.05) is 7.05 Å². The van der Waals surface area contributed by atoms with Gasteiger partial charge in [-0.2, -0.15) is 18.3 Å². The molecule has 1 aromatic carbocycles. The Bertz CT molecular complexity index is 797. The van der Waals surface area contributed by atoms with Crippen molar-refractivity contribution in [2.75, 3.05) is 27.2 Å². The first kappa shape index (κ1) is 22.1. The van der Waals surface area contributed by atoms with Crippen LogP contribution < -0.4 is 4.74 Å². The van der Waals surface area contributed by atoms with Gasteiger partial charge in [0.25, 0.3) is 0 Å². The van der Waals surface area contributed by atoms with Crippen molar-refractivity contribution in [3.05, 3.63) is 41.1 Å². The zero-order valence-electron chi connectivity index (χ0n) is 16.5. The molecule has 1 aromatic heterocycles. The minimum atomic E-state index is -4.45. The topological polar surface area (TPSA) is 58.5 Å². The van der Waals surface area contributed by atoms with Gasteiger partial charge in [-0.1, -0.05) is 6.92 Å². The summed E-state index contributed by atoms with van der Waals surface area (Å²) in [6.45, 7) is 5.55. The van der Waals surface area contributed by atoms with E-state index in [-0.39, 0.29) is 5.75 Å². The van der Waals surface area contributed by atoms with Gasteiger partial charge in [0.05, 0.1) is 30.2 Å². The second-order valence-electron chi connectivity index (χ2n) is 6.82. The summed E-state index contributed by atoms with van der Waals surface area (Å²) in [4.78, 5) is 2.13. The molecule has 0 spiro atoms. The van der Waals surface area contributed by atoms with E-state index in [0.29, 0.717) is 28.9 Å². The van der Waals surface area contributed by atoms with Crippen molar-refractivity contribution in [3.8, 4) is 17.0 Å². The summed E-state index contributed by atoms with van der Waals surface area (Å²) >= 11 is 0. The van der Waals surface area contributed by atoms with Crippen molar-refractivity contribution in [2.45, 2.75) is 39.0 Å². The van der Waals surface area contributed by atoms with Crippen molar-refractivity contribution >= 4 is 0 Å². The maximum Gasteiger partial charge on any atom is 0.416 e. The molecule has 0 aliphatic carbocycles. The molecule has 1 unspecified atom stereocenters. The molecule has 0 aliphatic heterocycles. The van der Waals surface area contributed by atoms with Gasteiger partial charge in [-0.05, 0) is 63.2 Å². The standard InChI is InChI=1S/C20H26F3N3O2/c1-5-9-26(3)10-8-17(27)16-11-13(2)19(25-24-16)15-7-6-14(20(21,22)23)12-18(15)28-4/h6-7,11-12,17,27H,5,8-10H2,1-4H3. The fraction of sp³-hybridized carbons (Fsp3) is 0.500. The highest BCUT2D eigenvalue weighted by Crippen LogP contribution is 2.37. The van der Waals surface area contributed by atoms with Gasteiger partial charge >= 0.3 is 6.18 Å². The number of nitrogens with zero attached hydrogens (tertiary/aromatic N) is 3. The number of aryl methyl sites for hydroxylation is 1. The van der Waals surface area contributed by atoms with Crippen LogP contribution in [-0.4, -0.2) is 47.5 Å². The van der Waals surface area contributed by atoms with Crippen LogP contribution in [0.5, 0.6) is 5.75 Å². The Balaban J connectivity index is 2.24. The van der Waals surface area contributed by atoms with Crippen LogP contribution in [0.1, 0.15) is 42.7 Å². The Hall–Kier alpha value is -2.19. The maximum atomic E-state index is 12.9. The minimum absolute atomic E-state index is 0.0710. The van der Waals surface area contributed by atoms with Gasteiger partial charge < -0.3 is 14.7 Å². The first-order chi connectivity index (χ1) is 13.2. The summed E-state index contributed by atoms with van der Waals surface area (Å²) in [6.07, 6.45) is -3.65. The molecule has 0 fully saturated rings. The predicted molar refractivity (Wildman–Crippen MR) is 101 cm³/mol. The number of aliphatic hydroxyl groups is 1. The van der Waals surface area contributed by atoms with Crippen LogP contribution in [0.3, 0.4) is 0 Å². The SMILES string of the molecule is CCCN(C)CCC(O)c1cc(C)c(-c2ccc(C(F)(F)F)cc2OC)nn1. The van der Waals surface area contributed by atoms with Crippen molar-refractivity contribution in [1.82, 2.24) is 15.1 Å². The lowest BCUT2D eigenvalue weighted by molar-refractivity contribution is -0.137. The molecule has 0 bridgehead atoms. The number of aromatic nitrogens is 2. The third-order valence-corrected chi connectivity index (χ3v) is 4.52. The van der Waals surface area contributed by atoms with Crippen molar-refractivity contribution in [1.29, 1.82) is 0 Å². The van der Waals surface area contributed by atoms with E-state index in [2.05, 4.69) is 22.0 Å². The fourth-order valence-corrected chi connectivity index (χ4v) is 2.98. The lowest BCUT2D eigenvalue weighted by Crippen LogP contribution is -2.22. The van der Waals surface area contributed by atoms with Gasteiger partial charge in [0, 0.05) is 12.1 Å². The van der Waals surface area contributed by atoms with Crippen molar-refractivity contribution < 1.29 is 23.0 Å². The van der Waals surface area contributed by atoms with E-state index in [9.17, 15) is 18.3 Å². The quantitative estimate of drug-likeness (QED) is 0.722. The van der Waals surface area contributed by atoms with Gasteiger partial charge in [0.15, 0.2) is 0 Å². The molecule has 0 radical (unpaired) electrons. The maximum absolute atomic E-state index is 12.9. The summed E-state index contributed by atoms with van der Waals surface area (Å²) in [5.41, 5.74) is 1.19. The monoisotopic (exact) mass is 397 g/mol. The lowest BCUT2D eigenvalue weighted by Gasteiger charge is -2.18. The Morgan fingerprint density at radius 3 is 2.46 bits per heavy atom. The van der Waals surface area contributed by atoms with Crippen LogP contribution in [0, 0.1) is 6.92 Å². The number of halogens is 3. The smallest absolute Gasteiger partial charge is 0.416 e. The van der Waals surface area contributed by atoms with Crippen LogP contribution in [-0.2, 0) is 6.18 Å². The zero-order chi connectivity index (χ0) is 20.9. The Morgan fingerprint density at radius 1 is 1.18 bits per heavy atom. The Labute approximate surface area is 163 Å². The molecule has 5 nitrogen and oxygen atoms in total. The largest absolute Gasteiger partial charge is 0.496 e. The summed E-state index contributed by atoms with van der Waals surface area (Å²) in [5, 5.41) is 18.6. The summed E-state index contributed by atoms with van der Waals surface area (Å²) < 4.78 is 43.9. The normalized spacial score (nSPS) is 13.0. The Kier molecular flexibility index (Phi) is 7.37. The molecular formula is C20H26F3N3O2. The van der Waals surface area contributed by atoms with Gasteiger partial charge in [-0.15, -0.1) is 5.10 Å². The molecule has 8 heteroatoms. The summed E-state index contributed by atoms with van der Waals surface area (Å²) in [6, 6.07) is 4.98. The molecule has 0 amide bonds. The number of benzene rings is 1. The van der Waals surface area contributed by atoms with Crippen LogP contribution in [0.15, 0.2) is 24.3 Å². The molecule has 2 rings (SSSR count). The van der Waals surface area contributed by atoms with E-state index in [1.54, 1.807) is 13.0 Å². The van der Waals surface area contributed by atoms with E-state index in [1.165, 1.54) is 13.2 Å². The molecule has 28 heavy (non-hydrogen) atoms. The molecule has 1 heterocycles.